The van der Waals surface area contributed by atoms with Gasteiger partial charge in [-0.05, 0) is 30.2 Å². The van der Waals surface area contributed by atoms with Crippen LogP contribution in [0.3, 0.4) is 0 Å². The van der Waals surface area contributed by atoms with E-state index in [0.717, 1.165) is 5.56 Å². The van der Waals surface area contributed by atoms with Gasteiger partial charge >= 0.3 is 0 Å². The number of phenols is 1. The average molecular weight is 441 g/mol. The van der Waals surface area contributed by atoms with Crippen molar-refractivity contribution < 1.29 is 24.3 Å². The first-order chi connectivity index (χ1) is 15.2. The predicted molar refractivity (Wildman–Crippen MR) is 118 cm³/mol. The quantitative estimate of drug-likeness (QED) is 0.356. The van der Waals surface area contributed by atoms with Gasteiger partial charge < -0.3 is 26.8 Å². The maximum atomic E-state index is 13.0. The van der Waals surface area contributed by atoms with E-state index in [1.165, 1.54) is 26.0 Å². The van der Waals surface area contributed by atoms with E-state index in [4.69, 9.17) is 5.73 Å². The molecule has 0 saturated carbocycles. The molecular weight excluding hydrogens is 412 g/mol. The van der Waals surface area contributed by atoms with Crippen LogP contribution in [0.25, 0.3) is 0 Å². The summed E-state index contributed by atoms with van der Waals surface area (Å²) in [6.45, 7) is 2.78. The Labute approximate surface area is 186 Å². The first-order valence-corrected chi connectivity index (χ1v) is 10.1. The van der Waals surface area contributed by atoms with Gasteiger partial charge in [0.25, 0.3) is 0 Å². The van der Waals surface area contributed by atoms with E-state index >= 15 is 0 Å². The number of nitrogens with two attached hydrogens (primary N) is 1. The second-order valence-corrected chi connectivity index (χ2v) is 7.51. The number of phenolic OH excluding ortho intramolecular Hbond substituents is 1. The van der Waals surface area contributed by atoms with Gasteiger partial charge in [-0.2, -0.15) is 0 Å². The van der Waals surface area contributed by atoms with Gasteiger partial charge in [-0.15, -0.1) is 0 Å². The zero-order chi connectivity index (χ0) is 23.7. The highest BCUT2D eigenvalue weighted by Gasteiger charge is 2.27. The number of carbonyl (C=O) groups is 4. The van der Waals surface area contributed by atoms with Crippen molar-refractivity contribution in [3.05, 3.63) is 65.7 Å². The monoisotopic (exact) mass is 440 g/mol. The van der Waals surface area contributed by atoms with Crippen LogP contribution in [-0.2, 0) is 32.0 Å². The molecule has 2 aromatic carbocycles. The second kappa shape index (κ2) is 11.5. The van der Waals surface area contributed by atoms with Gasteiger partial charge in [0.1, 0.15) is 23.9 Å². The van der Waals surface area contributed by atoms with Crippen molar-refractivity contribution in [2.24, 2.45) is 5.73 Å². The lowest BCUT2D eigenvalue weighted by Gasteiger charge is -2.23. The van der Waals surface area contributed by atoms with E-state index in [9.17, 15) is 24.3 Å². The molecule has 0 aliphatic carbocycles. The predicted octanol–water partition coefficient (Wildman–Crippen LogP) is 0.157. The lowest BCUT2D eigenvalue weighted by atomic mass is 10.0. The lowest BCUT2D eigenvalue weighted by Crippen LogP contribution is -2.56. The van der Waals surface area contributed by atoms with Gasteiger partial charge in [-0.3, -0.25) is 19.2 Å². The van der Waals surface area contributed by atoms with Crippen molar-refractivity contribution in [3.63, 3.8) is 0 Å². The molecule has 0 fully saturated rings. The molecule has 6 N–H and O–H groups in total. The highest BCUT2D eigenvalue weighted by molar-refractivity contribution is 5.93. The Bertz CT molecular complexity index is 947. The Hall–Kier alpha value is -3.88. The minimum atomic E-state index is -1.04. The molecular formula is C23H28N4O5. The molecule has 2 aromatic rings. The molecule has 9 nitrogen and oxygen atoms in total. The third-order valence-electron chi connectivity index (χ3n) is 4.76. The normalized spacial score (nSPS) is 13.3. The number of hydrogen-bond donors (Lipinski definition) is 5. The van der Waals surface area contributed by atoms with Crippen LogP contribution in [0.2, 0.25) is 0 Å². The fourth-order valence-corrected chi connectivity index (χ4v) is 3.09. The number of rotatable bonds is 10. The standard InChI is InChI=1S/C23H28N4O5/c1-14(25-15(2)28)22(31)27-20(13-17-8-10-18(29)11-9-17)23(32)26-19(21(24)30)12-16-6-4-3-5-7-16/h3-11,14,19-20,29H,12-13H2,1-2H3,(H2,24,30)(H,25,28)(H,26,32)(H,27,31). The smallest absolute Gasteiger partial charge is 0.243 e. The van der Waals surface area contributed by atoms with E-state index < -0.39 is 35.8 Å². The zero-order valence-corrected chi connectivity index (χ0v) is 18.0. The molecule has 0 aliphatic heterocycles. The second-order valence-electron chi connectivity index (χ2n) is 7.51. The molecule has 4 amide bonds. The van der Waals surface area contributed by atoms with E-state index in [2.05, 4.69) is 16.0 Å². The average Bonchev–Trinajstić information content (AvgIpc) is 2.74. The first kappa shape index (κ1) is 24.4. The van der Waals surface area contributed by atoms with Crippen LogP contribution in [0, 0.1) is 0 Å². The van der Waals surface area contributed by atoms with Gasteiger partial charge in [0.2, 0.25) is 23.6 Å². The summed E-state index contributed by atoms with van der Waals surface area (Å²) in [5.41, 5.74) is 6.98. The third kappa shape index (κ3) is 7.75. The summed E-state index contributed by atoms with van der Waals surface area (Å²) in [6, 6.07) is 12.4. The number of nitrogens with one attached hydrogen (secondary N) is 3. The van der Waals surface area contributed by atoms with Crippen LogP contribution < -0.4 is 21.7 Å². The summed E-state index contributed by atoms with van der Waals surface area (Å²) in [5, 5.41) is 17.2. The third-order valence-corrected chi connectivity index (χ3v) is 4.76. The first-order valence-electron chi connectivity index (χ1n) is 10.1. The molecule has 3 atom stereocenters. The number of amides is 4. The Morgan fingerprint density at radius 3 is 1.91 bits per heavy atom. The molecule has 32 heavy (non-hydrogen) atoms. The van der Waals surface area contributed by atoms with Crippen molar-refractivity contribution in [2.45, 2.75) is 44.8 Å². The van der Waals surface area contributed by atoms with Crippen molar-refractivity contribution in [1.29, 1.82) is 0 Å². The molecule has 0 heterocycles. The van der Waals surface area contributed by atoms with Crippen LogP contribution in [0.4, 0.5) is 0 Å². The van der Waals surface area contributed by atoms with Crippen LogP contribution in [0.5, 0.6) is 5.75 Å². The summed E-state index contributed by atoms with van der Waals surface area (Å²) in [7, 11) is 0. The topological polar surface area (TPSA) is 151 Å². The van der Waals surface area contributed by atoms with Crippen molar-refractivity contribution >= 4 is 23.6 Å². The molecule has 0 aliphatic rings. The van der Waals surface area contributed by atoms with E-state index in [-0.39, 0.29) is 24.5 Å². The maximum absolute atomic E-state index is 13.0. The molecule has 170 valence electrons. The number of carbonyl (C=O) groups excluding carboxylic acids is 4. The summed E-state index contributed by atoms with van der Waals surface area (Å²) in [5.74, 6) is -2.18. The van der Waals surface area contributed by atoms with Gasteiger partial charge in [-0.25, -0.2) is 0 Å². The van der Waals surface area contributed by atoms with Crippen LogP contribution in [0.1, 0.15) is 25.0 Å². The Kier molecular flexibility index (Phi) is 8.76. The van der Waals surface area contributed by atoms with E-state index in [1.54, 1.807) is 12.1 Å². The molecule has 0 spiro atoms. The Morgan fingerprint density at radius 2 is 1.34 bits per heavy atom. The Balaban J connectivity index is 2.18. The molecule has 9 heteroatoms. The molecule has 2 rings (SSSR count). The van der Waals surface area contributed by atoms with Crippen molar-refractivity contribution in [3.8, 4) is 5.75 Å². The van der Waals surface area contributed by atoms with Crippen LogP contribution in [0.15, 0.2) is 54.6 Å². The van der Waals surface area contributed by atoms with E-state index in [1.807, 2.05) is 30.3 Å². The SMILES string of the molecule is CC(=O)NC(C)C(=O)NC(Cc1ccc(O)cc1)C(=O)NC(Cc1ccccc1)C(N)=O. The van der Waals surface area contributed by atoms with Gasteiger partial charge in [0, 0.05) is 19.8 Å². The highest BCUT2D eigenvalue weighted by atomic mass is 16.3. The summed E-state index contributed by atoms with van der Waals surface area (Å²) < 4.78 is 0. The number of benzene rings is 2. The van der Waals surface area contributed by atoms with Crippen molar-refractivity contribution in [1.82, 2.24) is 16.0 Å². The molecule has 3 unspecified atom stereocenters. The molecule has 0 radical (unpaired) electrons. The van der Waals surface area contributed by atoms with Crippen LogP contribution >= 0.6 is 0 Å². The van der Waals surface area contributed by atoms with Gasteiger partial charge in [0.05, 0.1) is 0 Å². The molecule has 0 saturated heterocycles. The number of primary amides is 1. The lowest BCUT2D eigenvalue weighted by molar-refractivity contribution is -0.132. The van der Waals surface area contributed by atoms with Crippen molar-refractivity contribution in [2.75, 3.05) is 0 Å². The zero-order valence-electron chi connectivity index (χ0n) is 18.0. The number of aromatic hydroxyl groups is 1. The number of hydrogen-bond acceptors (Lipinski definition) is 5. The fraction of sp³-hybridized carbons (Fsp3) is 0.304. The summed E-state index contributed by atoms with van der Waals surface area (Å²) in [4.78, 5) is 48.7. The largest absolute Gasteiger partial charge is 0.508 e. The molecule has 0 aromatic heterocycles. The van der Waals surface area contributed by atoms with Gasteiger partial charge in [-0.1, -0.05) is 42.5 Å². The van der Waals surface area contributed by atoms with Crippen LogP contribution in [-0.4, -0.2) is 46.9 Å². The maximum Gasteiger partial charge on any atom is 0.243 e. The fourth-order valence-electron chi connectivity index (χ4n) is 3.09. The highest BCUT2D eigenvalue weighted by Crippen LogP contribution is 2.12. The summed E-state index contributed by atoms with van der Waals surface area (Å²) in [6.07, 6.45) is 0.297. The van der Waals surface area contributed by atoms with E-state index in [0.29, 0.717) is 5.56 Å². The minimum absolute atomic E-state index is 0.0646. The summed E-state index contributed by atoms with van der Waals surface area (Å²) >= 11 is 0. The van der Waals surface area contributed by atoms with Gasteiger partial charge in [0.15, 0.2) is 0 Å². The molecule has 0 bridgehead atoms. The minimum Gasteiger partial charge on any atom is -0.508 e. The Morgan fingerprint density at radius 1 is 0.812 bits per heavy atom.